The summed E-state index contributed by atoms with van der Waals surface area (Å²) in [6, 6.07) is 25.0. The minimum Gasteiger partial charge on any atom is -0.491 e. The van der Waals surface area contributed by atoms with Crippen LogP contribution in [0.4, 0.5) is 17.1 Å². The molecule has 0 unspecified atom stereocenters. The van der Waals surface area contributed by atoms with Crippen LogP contribution in [-0.2, 0) is 16.0 Å². The van der Waals surface area contributed by atoms with Crippen LogP contribution in [0.5, 0.6) is 5.75 Å². The molecule has 2 amide bonds. The molecule has 0 atom stereocenters. The Hall–Kier alpha value is -3.80. The molecule has 0 radical (unpaired) electrons. The molecule has 3 aromatic rings. The average molecular weight is 460 g/mol. The molecule has 3 aromatic carbocycles. The predicted molar refractivity (Wildman–Crippen MR) is 138 cm³/mol. The van der Waals surface area contributed by atoms with E-state index in [9.17, 15) is 9.59 Å². The van der Waals surface area contributed by atoms with E-state index in [1.807, 2.05) is 56.3 Å². The maximum atomic E-state index is 12.4. The number of anilines is 3. The molecule has 0 heterocycles. The van der Waals surface area contributed by atoms with Crippen LogP contribution in [0.2, 0.25) is 0 Å². The second-order valence-electron chi connectivity index (χ2n) is 8.56. The summed E-state index contributed by atoms with van der Waals surface area (Å²) >= 11 is 0. The number of hydrogen-bond acceptors (Lipinski definition) is 4. The number of ether oxygens (including phenoxy) is 1. The molecule has 0 aromatic heterocycles. The number of carbonyl (C=O) groups excluding carboxylic acids is 2. The third-order valence-electron chi connectivity index (χ3n) is 5.08. The minimum absolute atomic E-state index is 0.0167. The normalized spacial score (nSPS) is 10.6. The van der Waals surface area contributed by atoms with Crippen LogP contribution in [0.1, 0.15) is 32.3 Å². The number of nitrogens with one attached hydrogen (secondary N) is 3. The highest BCUT2D eigenvalue weighted by Gasteiger charge is 2.08. The van der Waals surface area contributed by atoms with Crippen molar-refractivity contribution in [1.82, 2.24) is 0 Å². The Morgan fingerprint density at radius 3 is 2.09 bits per heavy atom. The standard InChI is InChI=1S/C28H33N3O3/c1-21(2)19-27(32)30-23-14-16-24(17-15-23)31-28(33)20-29-25-12-6-7-13-26(25)34-18-8-11-22-9-4-3-5-10-22/h3-7,9-10,12-17,21,29H,8,11,18-20H2,1-2H3,(H,30,32)(H,31,33). The van der Waals surface area contributed by atoms with Crippen molar-refractivity contribution in [2.45, 2.75) is 33.1 Å². The second kappa shape index (κ2) is 13.0. The fraction of sp³-hybridized carbons (Fsp3) is 0.286. The number of carbonyl (C=O) groups is 2. The molecule has 3 rings (SSSR count). The summed E-state index contributed by atoms with van der Waals surface area (Å²) in [5.41, 5.74) is 3.44. The van der Waals surface area contributed by atoms with Crippen LogP contribution < -0.4 is 20.7 Å². The topological polar surface area (TPSA) is 79.5 Å². The summed E-state index contributed by atoms with van der Waals surface area (Å²) in [6.07, 6.45) is 2.34. The van der Waals surface area contributed by atoms with Gasteiger partial charge in [0.05, 0.1) is 18.8 Å². The number of aryl methyl sites for hydroxylation is 1. The monoisotopic (exact) mass is 459 g/mol. The van der Waals surface area contributed by atoms with Crippen molar-refractivity contribution >= 4 is 28.9 Å². The van der Waals surface area contributed by atoms with Gasteiger partial charge in [-0.25, -0.2) is 0 Å². The van der Waals surface area contributed by atoms with Gasteiger partial charge < -0.3 is 20.7 Å². The number of rotatable bonds is 12. The van der Waals surface area contributed by atoms with E-state index in [1.54, 1.807) is 24.3 Å². The van der Waals surface area contributed by atoms with Gasteiger partial charge in [0.1, 0.15) is 5.75 Å². The van der Waals surface area contributed by atoms with E-state index in [1.165, 1.54) is 5.56 Å². The van der Waals surface area contributed by atoms with Crippen LogP contribution in [0, 0.1) is 5.92 Å². The SMILES string of the molecule is CC(C)CC(=O)Nc1ccc(NC(=O)CNc2ccccc2OCCCc2ccccc2)cc1. The molecule has 0 aliphatic carbocycles. The maximum Gasteiger partial charge on any atom is 0.243 e. The quantitative estimate of drug-likeness (QED) is 0.302. The Morgan fingerprint density at radius 1 is 0.794 bits per heavy atom. The van der Waals surface area contributed by atoms with Crippen molar-refractivity contribution in [2.24, 2.45) is 5.92 Å². The van der Waals surface area contributed by atoms with Gasteiger partial charge in [0.15, 0.2) is 0 Å². The van der Waals surface area contributed by atoms with Gasteiger partial charge in [-0.3, -0.25) is 9.59 Å². The number of amides is 2. The Bertz CT molecular complexity index is 1050. The van der Waals surface area contributed by atoms with E-state index in [2.05, 4.69) is 28.1 Å². The summed E-state index contributed by atoms with van der Waals surface area (Å²) in [7, 11) is 0. The fourth-order valence-electron chi connectivity index (χ4n) is 3.44. The molecular formula is C28H33N3O3. The molecular weight excluding hydrogens is 426 g/mol. The third-order valence-corrected chi connectivity index (χ3v) is 5.08. The first-order valence-corrected chi connectivity index (χ1v) is 11.7. The van der Waals surface area contributed by atoms with E-state index >= 15 is 0 Å². The summed E-state index contributed by atoms with van der Waals surface area (Å²) in [4.78, 5) is 24.3. The molecule has 0 fully saturated rings. The van der Waals surface area contributed by atoms with Gasteiger partial charge in [-0.15, -0.1) is 0 Å². The van der Waals surface area contributed by atoms with Gasteiger partial charge in [-0.1, -0.05) is 56.3 Å². The lowest BCUT2D eigenvalue weighted by Gasteiger charge is -2.13. The van der Waals surface area contributed by atoms with Crippen LogP contribution >= 0.6 is 0 Å². The zero-order chi connectivity index (χ0) is 24.2. The third kappa shape index (κ3) is 8.62. The van der Waals surface area contributed by atoms with Crippen molar-refractivity contribution in [3.05, 3.63) is 84.4 Å². The van der Waals surface area contributed by atoms with Crippen LogP contribution in [-0.4, -0.2) is 25.0 Å². The number of para-hydroxylation sites is 2. The molecule has 6 nitrogen and oxygen atoms in total. The summed E-state index contributed by atoms with van der Waals surface area (Å²) < 4.78 is 5.95. The fourth-order valence-corrected chi connectivity index (χ4v) is 3.44. The molecule has 0 saturated carbocycles. The van der Waals surface area contributed by atoms with Crippen molar-refractivity contribution in [3.8, 4) is 5.75 Å². The Labute approximate surface area is 201 Å². The van der Waals surface area contributed by atoms with Crippen molar-refractivity contribution < 1.29 is 14.3 Å². The highest BCUT2D eigenvalue weighted by atomic mass is 16.5. The molecule has 178 valence electrons. The lowest BCUT2D eigenvalue weighted by molar-refractivity contribution is -0.117. The molecule has 0 saturated heterocycles. The zero-order valence-electron chi connectivity index (χ0n) is 19.8. The van der Waals surface area contributed by atoms with E-state index in [0.29, 0.717) is 30.3 Å². The minimum atomic E-state index is -0.171. The van der Waals surface area contributed by atoms with E-state index in [-0.39, 0.29) is 18.4 Å². The molecule has 34 heavy (non-hydrogen) atoms. The van der Waals surface area contributed by atoms with E-state index in [4.69, 9.17) is 4.74 Å². The Morgan fingerprint density at radius 2 is 1.41 bits per heavy atom. The highest BCUT2D eigenvalue weighted by molar-refractivity contribution is 5.95. The van der Waals surface area contributed by atoms with Gasteiger partial charge in [0.25, 0.3) is 0 Å². The highest BCUT2D eigenvalue weighted by Crippen LogP contribution is 2.24. The van der Waals surface area contributed by atoms with Crippen molar-refractivity contribution in [1.29, 1.82) is 0 Å². The molecule has 0 bridgehead atoms. The molecule has 6 heteroatoms. The molecule has 0 spiro atoms. The maximum absolute atomic E-state index is 12.4. The van der Waals surface area contributed by atoms with Crippen molar-refractivity contribution in [3.63, 3.8) is 0 Å². The van der Waals surface area contributed by atoms with Gasteiger partial charge in [0.2, 0.25) is 11.8 Å². The number of benzene rings is 3. The Kier molecular flexibility index (Phi) is 9.52. The second-order valence-corrected chi connectivity index (χ2v) is 8.56. The lowest BCUT2D eigenvalue weighted by Crippen LogP contribution is -2.22. The first kappa shape index (κ1) is 24.8. The van der Waals surface area contributed by atoms with E-state index < -0.39 is 0 Å². The first-order valence-electron chi connectivity index (χ1n) is 11.7. The predicted octanol–water partition coefficient (Wildman–Crippen LogP) is 5.73. The number of hydrogen-bond donors (Lipinski definition) is 3. The van der Waals surface area contributed by atoms with Gasteiger partial charge >= 0.3 is 0 Å². The van der Waals surface area contributed by atoms with Gasteiger partial charge in [-0.2, -0.15) is 0 Å². The molecule has 0 aliphatic heterocycles. The van der Waals surface area contributed by atoms with Crippen LogP contribution in [0.3, 0.4) is 0 Å². The molecule has 3 N–H and O–H groups in total. The van der Waals surface area contributed by atoms with Gasteiger partial charge in [-0.05, 0) is 60.7 Å². The smallest absolute Gasteiger partial charge is 0.243 e. The van der Waals surface area contributed by atoms with Crippen LogP contribution in [0.25, 0.3) is 0 Å². The zero-order valence-corrected chi connectivity index (χ0v) is 19.8. The average Bonchev–Trinajstić information content (AvgIpc) is 2.82. The summed E-state index contributed by atoms with van der Waals surface area (Å²) in [5, 5.41) is 8.87. The van der Waals surface area contributed by atoms with Gasteiger partial charge in [0, 0.05) is 17.8 Å². The Balaban J connectivity index is 1.43. The first-order chi connectivity index (χ1) is 16.5. The largest absolute Gasteiger partial charge is 0.491 e. The summed E-state index contributed by atoms with van der Waals surface area (Å²) in [5.74, 6) is 0.841. The van der Waals surface area contributed by atoms with Crippen LogP contribution in [0.15, 0.2) is 78.9 Å². The van der Waals surface area contributed by atoms with E-state index in [0.717, 1.165) is 24.3 Å². The molecule has 0 aliphatic rings. The summed E-state index contributed by atoms with van der Waals surface area (Å²) in [6.45, 7) is 4.71. The van der Waals surface area contributed by atoms with Crippen molar-refractivity contribution in [2.75, 3.05) is 29.1 Å². The lowest BCUT2D eigenvalue weighted by atomic mass is 10.1.